The minimum absolute atomic E-state index is 0.117. The fraction of sp³-hybridized carbons (Fsp3) is 0.120. The summed E-state index contributed by atoms with van der Waals surface area (Å²) in [5.74, 6) is 0.0938. The molecule has 0 bridgehead atoms. The number of thioether (sulfide) groups is 1. The number of amides is 2. The molecule has 1 aliphatic rings. The van der Waals surface area contributed by atoms with Gasteiger partial charge in [-0.25, -0.2) is 4.39 Å². The van der Waals surface area contributed by atoms with E-state index in [0.29, 0.717) is 28.1 Å². The van der Waals surface area contributed by atoms with Gasteiger partial charge in [0.05, 0.1) is 23.0 Å². The zero-order chi connectivity index (χ0) is 23.4. The Morgan fingerprint density at radius 2 is 1.79 bits per heavy atom. The van der Waals surface area contributed by atoms with Crippen LogP contribution in [0.1, 0.15) is 16.7 Å². The van der Waals surface area contributed by atoms with Crippen LogP contribution in [0, 0.1) is 5.82 Å². The van der Waals surface area contributed by atoms with Gasteiger partial charge in [0.1, 0.15) is 12.4 Å². The van der Waals surface area contributed by atoms with Crippen molar-refractivity contribution in [3.05, 3.63) is 98.6 Å². The molecule has 0 atom stereocenters. The average molecular weight is 528 g/mol. The smallest absolute Gasteiger partial charge is 0.293 e. The van der Waals surface area contributed by atoms with Gasteiger partial charge in [0.15, 0.2) is 11.5 Å². The molecule has 1 aliphatic heterocycles. The molecule has 3 aromatic rings. The fourth-order valence-electron chi connectivity index (χ4n) is 3.28. The monoisotopic (exact) mass is 527 g/mol. The first-order valence-corrected chi connectivity index (χ1v) is 11.6. The molecule has 0 N–H and O–H groups in total. The molecule has 3 aromatic carbocycles. The summed E-state index contributed by atoms with van der Waals surface area (Å²) in [5.41, 5.74) is 1.95. The van der Waals surface area contributed by atoms with Gasteiger partial charge in [-0.1, -0.05) is 48.5 Å². The Hall–Kier alpha value is -3.10. The van der Waals surface area contributed by atoms with Gasteiger partial charge >= 0.3 is 0 Å². The summed E-state index contributed by atoms with van der Waals surface area (Å²) in [4.78, 5) is 26.5. The summed E-state index contributed by atoms with van der Waals surface area (Å²) in [6.07, 6.45) is 1.61. The molecular weight excluding hydrogens is 509 g/mol. The molecule has 0 unspecified atom stereocenters. The molecule has 33 heavy (non-hydrogen) atoms. The van der Waals surface area contributed by atoms with Gasteiger partial charge in [0.25, 0.3) is 11.1 Å². The maximum atomic E-state index is 14.0. The van der Waals surface area contributed by atoms with Crippen molar-refractivity contribution in [1.82, 2.24) is 4.90 Å². The van der Waals surface area contributed by atoms with Crippen LogP contribution < -0.4 is 9.47 Å². The van der Waals surface area contributed by atoms with Crippen LogP contribution >= 0.6 is 27.7 Å². The number of halogens is 2. The molecule has 0 spiro atoms. The molecule has 0 radical (unpaired) electrons. The average Bonchev–Trinajstić information content (AvgIpc) is 3.07. The highest BCUT2D eigenvalue weighted by Gasteiger charge is 2.35. The number of methoxy groups -OCH3 is 1. The largest absolute Gasteiger partial charge is 0.493 e. The fourth-order valence-corrected chi connectivity index (χ4v) is 4.69. The van der Waals surface area contributed by atoms with Gasteiger partial charge < -0.3 is 9.47 Å². The van der Waals surface area contributed by atoms with Crippen LogP contribution in [0.3, 0.4) is 0 Å². The van der Waals surface area contributed by atoms with Gasteiger partial charge in [-0.3, -0.25) is 14.5 Å². The van der Waals surface area contributed by atoms with Crippen LogP contribution in [0.4, 0.5) is 9.18 Å². The maximum Gasteiger partial charge on any atom is 0.293 e. The van der Waals surface area contributed by atoms with Crippen molar-refractivity contribution in [2.45, 2.75) is 13.2 Å². The molecule has 4 rings (SSSR count). The molecule has 1 heterocycles. The van der Waals surface area contributed by atoms with E-state index in [0.717, 1.165) is 22.2 Å². The predicted octanol–water partition coefficient (Wildman–Crippen LogP) is 6.41. The van der Waals surface area contributed by atoms with Crippen molar-refractivity contribution in [1.29, 1.82) is 0 Å². The van der Waals surface area contributed by atoms with E-state index in [-0.39, 0.29) is 17.0 Å². The Morgan fingerprint density at radius 3 is 2.52 bits per heavy atom. The van der Waals surface area contributed by atoms with Crippen LogP contribution in [0.15, 0.2) is 76.1 Å². The number of carbonyl (C=O) groups excluding carboxylic acids is 2. The summed E-state index contributed by atoms with van der Waals surface area (Å²) in [5, 5.41) is -0.441. The predicted molar refractivity (Wildman–Crippen MR) is 129 cm³/mol. The third kappa shape index (κ3) is 5.29. The lowest BCUT2D eigenvalue weighted by Crippen LogP contribution is -2.27. The zero-order valence-electron chi connectivity index (χ0n) is 17.6. The highest BCUT2D eigenvalue weighted by molar-refractivity contribution is 9.10. The number of benzene rings is 3. The van der Waals surface area contributed by atoms with Crippen LogP contribution in [-0.4, -0.2) is 23.2 Å². The Labute approximate surface area is 203 Å². The number of hydrogen-bond acceptors (Lipinski definition) is 5. The van der Waals surface area contributed by atoms with Crippen molar-refractivity contribution < 1.29 is 23.5 Å². The van der Waals surface area contributed by atoms with E-state index in [2.05, 4.69) is 15.9 Å². The molecular formula is C25H19BrFNO4S. The molecule has 1 fully saturated rings. The van der Waals surface area contributed by atoms with Gasteiger partial charge in [0.2, 0.25) is 0 Å². The number of imide groups is 1. The summed E-state index contributed by atoms with van der Waals surface area (Å²) in [6.45, 7) is 0.248. The summed E-state index contributed by atoms with van der Waals surface area (Å²) in [6, 6.07) is 19.3. The second-order valence-corrected chi connectivity index (χ2v) is 9.02. The number of ether oxygens (including phenoxy) is 2. The number of hydrogen-bond donors (Lipinski definition) is 0. The second kappa shape index (κ2) is 10.2. The molecule has 5 nitrogen and oxygen atoms in total. The van der Waals surface area contributed by atoms with Gasteiger partial charge in [0, 0.05) is 5.56 Å². The molecule has 0 saturated carbocycles. The normalized spacial score (nSPS) is 14.8. The summed E-state index contributed by atoms with van der Waals surface area (Å²) >= 11 is 4.33. The third-order valence-corrected chi connectivity index (χ3v) is 6.43. The second-order valence-electron chi connectivity index (χ2n) is 7.17. The van der Waals surface area contributed by atoms with E-state index in [9.17, 15) is 14.0 Å². The summed E-state index contributed by atoms with van der Waals surface area (Å²) < 4.78 is 26.1. The van der Waals surface area contributed by atoms with Crippen molar-refractivity contribution in [3.8, 4) is 11.5 Å². The first-order chi connectivity index (χ1) is 16.0. The first-order valence-electron chi connectivity index (χ1n) is 9.99. The van der Waals surface area contributed by atoms with Crippen LogP contribution in [-0.2, 0) is 17.9 Å². The zero-order valence-corrected chi connectivity index (χ0v) is 20.0. The van der Waals surface area contributed by atoms with E-state index in [1.165, 1.54) is 13.2 Å². The lowest BCUT2D eigenvalue weighted by atomic mass is 10.1. The minimum Gasteiger partial charge on any atom is -0.493 e. The number of rotatable bonds is 7. The number of nitrogens with zero attached hydrogens (tertiary/aromatic N) is 1. The minimum atomic E-state index is -0.465. The Morgan fingerprint density at radius 1 is 1.06 bits per heavy atom. The highest BCUT2D eigenvalue weighted by Crippen LogP contribution is 2.39. The first kappa shape index (κ1) is 23.1. The highest BCUT2D eigenvalue weighted by atomic mass is 79.9. The Balaban J connectivity index is 1.54. The topological polar surface area (TPSA) is 55.8 Å². The Kier molecular flexibility index (Phi) is 7.15. The standard InChI is InChI=1S/C25H19BrFNO4S/c1-31-21-12-17(11-19(26)23(21)32-15-16-7-3-2-4-8-16)13-22-24(29)28(25(30)33-22)14-18-9-5-6-10-20(18)27/h2-13H,14-15H2,1H3/b22-13+. The molecule has 0 aromatic heterocycles. The summed E-state index contributed by atoms with van der Waals surface area (Å²) in [7, 11) is 1.53. The SMILES string of the molecule is COc1cc(/C=C2/SC(=O)N(Cc3ccccc3F)C2=O)cc(Br)c1OCc1ccccc1. The van der Waals surface area contributed by atoms with Crippen LogP contribution in [0.25, 0.3) is 6.08 Å². The van der Waals surface area contributed by atoms with E-state index >= 15 is 0 Å². The molecule has 0 aliphatic carbocycles. The van der Waals surface area contributed by atoms with Crippen LogP contribution in [0.5, 0.6) is 11.5 Å². The van der Waals surface area contributed by atoms with Gasteiger partial charge in [-0.05, 0) is 63.1 Å². The molecule has 8 heteroatoms. The Bertz CT molecular complexity index is 1230. The van der Waals surface area contributed by atoms with Crippen molar-refractivity contribution in [2.24, 2.45) is 0 Å². The molecule has 1 saturated heterocycles. The van der Waals surface area contributed by atoms with E-state index in [4.69, 9.17) is 9.47 Å². The third-order valence-electron chi connectivity index (χ3n) is 4.94. The van der Waals surface area contributed by atoms with Gasteiger partial charge in [-0.15, -0.1) is 0 Å². The van der Waals surface area contributed by atoms with Crippen molar-refractivity contribution >= 4 is 44.9 Å². The van der Waals surface area contributed by atoms with E-state index in [1.54, 1.807) is 36.4 Å². The van der Waals surface area contributed by atoms with Crippen molar-refractivity contribution in [3.63, 3.8) is 0 Å². The van der Waals surface area contributed by atoms with Crippen molar-refractivity contribution in [2.75, 3.05) is 7.11 Å². The maximum absolute atomic E-state index is 14.0. The van der Waals surface area contributed by atoms with E-state index in [1.807, 2.05) is 30.3 Å². The van der Waals surface area contributed by atoms with E-state index < -0.39 is 17.0 Å². The molecule has 168 valence electrons. The quantitative estimate of drug-likeness (QED) is 0.332. The lowest BCUT2D eigenvalue weighted by Gasteiger charge is -2.14. The van der Waals surface area contributed by atoms with Gasteiger partial charge in [-0.2, -0.15) is 0 Å². The molecule has 2 amide bonds. The van der Waals surface area contributed by atoms with Crippen LogP contribution in [0.2, 0.25) is 0 Å². The lowest BCUT2D eigenvalue weighted by molar-refractivity contribution is -0.123. The number of carbonyl (C=O) groups is 2.